The maximum Gasteiger partial charge on any atom is 0.354 e. The van der Waals surface area contributed by atoms with E-state index < -0.39 is 5.97 Å². The molecule has 0 aliphatic heterocycles. The first-order chi connectivity index (χ1) is 7.06. The Hall–Kier alpha value is -1.29. The highest BCUT2D eigenvalue weighted by molar-refractivity contribution is 6.33. The summed E-state index contributed by atoms with van der Waals surface area (Å²) in [5.41, 5.74) is 0.0114. The number of pyridine rings is 1. The second kappa shape index (κ2) is 4.98. The van der Waals surface area contributed by atoms with Crippen LogP contribution in [0.2, 0.25) is 5.02 Å². The highest BCUT2D eigenvalue weighted by atomic mass is 35.5. The molecular weight excluding hydrogens is 216 g/mol. The van der Waals surface area contributed by atoms with E-state index in [4.69, 9.17) is 16.7 Å². The normalized spacial score (nSPS) is 10.1. The second-order valence-corrected chi connectivity index (χ2v) is 3.64. The summed E-state index contributed by atoms with van der Waals surface area (Å²) >= 11 is 5.93. The highest BCUT2D eigenvalue weighted by Gasteiger charge is 2.11. The molecule has 0 saturated heterocycles. The van der Waals surface area contributed by atoms with E-state index in [0.29, 0.717) is 10.8 Å². The van der Waals surface area contributed by atoms with Crippen LogP contribution >= 0.6 is 11.6 Å². The summed E-state index contributed by atoms with van der Waals surface area (Å²) < 4.78 is 0. The third kappa shape index (κ3) is 2.83. The third-order valence-corrected chi connectivity index (χ3v) is 2.26. The minimum atomic E-state index is -1.04. The molecule has 0 aromatic carbocycles. The first kappa shape index (κ1) is 11.8. The van der Waals surface area contributed by atoms with Gasteiger partial charge in [-0.15, -0.1) is 0 Å². The molecule has 4 nitrogen and oxygen atoms in total. The first-order valence-corrected chi connectivity index (χ1v) is 5.05. The zero-order valence-corrected chi connectivity index (χ0v) is 9.45. The fourth-order valence-electron chi connectivity index (χ4n) is 1.26. The van der Waals surface area contributed by atoms with Crippen LogP contribution in [0.1, 0.15) is 23.8 Å². The van der Waals surface area contributed by atoms with Gasteiger partial charge in [-0.2, -0.15) is 0 Å². The Morgan fingerprint density at radius 1 is 1.60 bits per heavy atom. The number of rotatable bonds is 4. The van der Waals surface area contributed by atoms with Crippen molar-refractivity contribution in [1.29, 1.82) is 0 Å². The summed E-state index contributed by atoms with van der Waals surface area (Å²) in [5, 5.41) is 9.26. The molecule has 1 rings (SSSR count). The van der Waals surface area contributed by atoms with E-state index >= 15 is 0 Å². The number of hydrogen-bond acceptors (Lipinski definition) is 3. The van der Waals surface area contributed by atoms with Crippen molar-refractivity contribution in [3.63, 3.8) is 0 Å². The van der Waals surface area contributed by atoms with Gasteiger partial charge >= 0.3 is 5.97 Å². The summed E-state index contributed by atoms with van der Waals surface area (Å²) in [4.78, 5) is 16.5. The van der Waals surface area contributed by atoms with E-state index in [1.807, 2.05) is 18.9 Å². The molecule has 1 heterocycles. The van der Waals surface area contributed by atoms with Crippen LogP contribution in [0.15, 0.2) is 12.1 Å². The summed E-state index contributed by atoms with van der Waals surface area (Å²) in [5.74, 6) is -0.531. The minimum absolute atomic E-state index is 0.0114. The van der Waals surface area contributed by atoms with E-state index in [2.05, 4.69) is 4.98 Å². The molecule has 0 aliphatic rings. The van der Waals surface area contributed by atoms with Gasteiger partial charge in [0.25, 0.3) is 0 Å². The molecule has 0 radical (unpaired) electrons. The van der Waals surface area contributed by atoms with Crippen LogP contribution in [0.5, 0.6) is 0 Å². The molecule has 0 saturated carbocycles. The highest BCUT2D eigenvalue weighted by Crippen LogP contribution is 2.22. The average molecular weight is 229 g/mol. The molecule has 0 fully saturated rings. The lowest BCUT2D eigenvalue weighted by Gasteiger charge is -2.18. The van der Waals surface area contributed by atoms with Gasteiger partial charge in [-0.1, -0.05) is 18.5 Å². The molecule has 1 aromatic heterocycles. The molecule has 82 valence electrons. The predicted octanol–water partition coefficient (Wildman–Crippen LogP) is 2.28. The van der Waals surface area contributed by atoms with Crippen molar-refractivity contribution in [2.45, 2.75) is 13.3 Å². The van der Waals surface area contributed by atoms with Crippen LogP contribution < -0.4 is 4.90 Å². The Bertz CT molecular complexity index is 368. The van der Waals surface area contributed by atoms with Gasteiger partial charge in [-0.3, -0.25) is 0 Å². The van der Waals surface area contributed by atoms with Crippen molar-refractivity contribution in [2.24, 2.45) is 0 Å². The van der Waals surface area contributed by atoms with Crippen LogP contribution in [-0.4, -0.2) is 29.7 Å². The average Bonchev–Trinajstić information content (AvgIpc) is 2.18. The lowest BCUT2D eigenvalue weighted by molar-refractivity contribution is 0.0690. The molecular formula is C10H13ClN2O2. The number of carbonyl (C=O) groups is 1. The van der Waals surface area contributed by atoms with Crippen molar-refractivity contribution >= 4 is 23.4 Å². The molecule has 0 aliphatic carbocycles. The molecule has 1 N–H and O–H groups in total. The summed E-state index contributed by atoms with van der Waals surface area (Å²) in [6, 6.07) is 2.95. The lowest BCUT2D eigenvalue weighted by atomic mass is 10.3. The molecule has 0 amide bonds. The van der Waals surface area contributed by atoms with Crippen molar-refractivity contribution in [1.82, 2.24) is 4.98 Å². The zero-order valence-electron chi connectivity index (χ0n) is 8.70. The fourth-order valence-corrected chi connectivity index (χ4v) is 1.51. The van der Waals surface area contributed by atoms with Crippen molar-refractivity contribution < 1.29 is 9.90 Å². The van der Waals surface area contributed by atoms with Gasteiger partial charge in [-0.05, 0) is 18.6 Å². The van der Waals surface area contributed by atoms with Crippen LogP contribution in [0, 0.1) is 0 Å². The van der Waals surface area contributed by atoms with Gasteiger partial charge < -0.3 is 10.0 Å². The Balaban J connectivity index is 3.04. The Labute approximate surface area is 93.5 Å². The molecule has 15 heavy (non-hydrogen) atoms. The smallest absolute Gasteiger partial charge is 0.354 e. The van der Waals surface area contributed by atoms with Crippen LogP contribution in [0.3, 0.4) is 0 Å². The summed E-state index contributed by atoms with van der Waals surface area (Å²) in [6.07, 6.45) is 0.950. The van der Waals surface area contributed by atoms with Gasteiger partial charge in [0.2, 0.25) is 0 Å². The van der Waals surface area contributed by atoms with Crippen LogP contribution in [0.4, 0.5) is 5.82 Å². The van der Waals surface area contributed by atoms with E-state index in [9.17, 15) is 4.79 Å². The summed E-state index contributed by atoms with van der Waals surface area (Å²) in [7, 11) is 1.84. The van der Waals surface area contributed by atoms with Gasteiger partial charge in [-0.25, -0.2) is 9.78 Å². The lowest BCUT2D eigenvalue weighted by Crippen LogP contribution is -2.20. The fraction of sp³-hybridized carbons (Fsp3) is 0.400. The number of carboxylic acid groups (broad SMARTS) is 1. The third-order valence-electron chi connectivity index (χ3n) is 1.97. The van der Waals surface area contributed by atoms with Crippen LogP contribution in [0.25, 0.3) is 0 Å². The number of aromatic carboxylic acids is 1. The van der Waals surface area contributed by atoms with Crippen molar-refractivity contribution in [3.05, 3.63) is 22.8 Å². The minimum Gasteiger partial charge on any atom is -0.477 e. The van der Waals surface area contributed by atoms with Gasteiger partial charge in [0.1, 0.15) is 5.82 Å². The second-order valence-electron chi connectivity index (χ2n) is 3.23. The number of anilines is 1. The molecule has 0 unspecified atom stereocenters. The number of aromatic nitrogens is 1. The molecule has 0 spiro atoms. The molecule has 1 aromatic rings. The topological polar surface area (TPSA) is 53.4 Å². The van der Waals surface area contributed by atoms with E-state index in [-0.39, 0.29) is 5.69 Å². The molecule has 0 bridgehead atoms. The molecule has 5 heteroatoms. The largest absolute Gasteiger partial charge is 0.477 e. The number of hydrogen-bond donors (Lipinski definition) is 1. The van der Waals surface area contributed by atoms with Gasteiger partial charge in [0, 0.05) is 13.6 Å². The quantitative estimate of drug-likeness (QED) is 0.859. The van der Waals surface area contributed by atoms with Crippen LogP contribution in [-0.2, 0) is 0 Å². The monoisotopic (exact) mass is 228 g/mol. The van der Waals surface area contributed by atoms with E-state index in [0.717, 1.165) is 13.0 Å². The van der Waals surface area contributed by atoms with Gasteiger partial charge in [0.15, 0.2) is 5.69 Å². The SMILES string of the molecule is CCCN(C)c1nc(C(=O)O)ccc1Cl. The molecule has 0 atom stereocenters. The Morgan fingerprint density at radius 2 is 2.27 bits per heavy atom. The van der Waals surface area contributed by atoms with Crippen molar-refractivity contribution in [3.8, 4) is 0 Å². The maximum absolute atomic E-state index is 10.7. The van der Waals surface area contributed by atoms with E-state index in [1.165, 1.54) is 6.07 Å². The Kier molecular flexibility index (Phi) is 3.91. The van der Waals surface area contributed by atoms with Crippen molar-refractivity contribution in [2.75, 3.05) is 18.5 Å². The van der Waals surface area contributed by atoms with E-state index in [1.54, 1.807) is 6.07 Å². The first-order valence-electron chi connectivity index (χ1n) is 4.67. The number of nitrogens with zero attached hydrogens (tertiary/aromatic N) is 2. The predicted molar refractivity (Wildman–Crippen MR) is 59.8 cm³/mol. The summed E-state index contributed by atoms with van der Waals surface area (Å²) in [6.45, 7) is 2.82. The standard InChI is InChI=1S/C10H13ClN2O2/c1-3-6-13(2)9-7(11)4-5-8(12-9)10(14)15/h4-5H,3,6H2,1-2H3,(H,14,15). The number of halogens is 1. The Morgan fingerprint density at radius 3 is 2.80 bits per heavy atom. The number of carboxylic acids is 1. The van der Waals surface area contributed by atoms with Gasteiger partial charge in [0.05, 0.1) is 5.02 Å². The maximum atomic E-state index is 10.7. The zero-order chi connectivity index (χ0) is 11.4.